The summed E-state index contributed by atoms with van der Waals surface area (Å²) in [7, 11) is 0. The number of rotatable bonds is 7. The van der Waals surface area contributed by atoms with Gasteiger partial charge in [-0.25, -0.2) is 4.79 Å². The number of carbonyl (C=O) groups excluding carboxylic acids is 3. The molecule has 0 aromatic heterocycles. The topological polar surface area (TPSA) is 115 Å². The Bertz CT molecular complexity index is 1600. The fourth-order valence-corrected chi connectivity index (χ4v) is 9.42. The van der Waals surface area contributed by atoms with Crippen LogP contribution in [0.25, 0.3) is 11.1 Å². The maximum atomic E-state index is 13.5. The van der Waals surface area contributed by atoms with Crippen molar-refractivity contribution in [1.29, 1.82) is 0 Å². The number of hydrogen-bond donors (Lipinski definition) is 1. The van der Waals surface area contributed by atoms with Crippen molar-refractivity contribution in [2.75, 3.05) is 6.61 Å². The summed E-state index contributed by atoms with van der Waals surface area (Å²) in [6.45, 7) is 6.46. The molecule has 8 nitrogen and oxygen atoms in total. The molecule has 3 aliphatic heterocycles. The molecule has 1 spiro atoms. The van der Waals surface area contributed by atoms with Crippen LogP contribution < -0.4 is 0 Å². The van der Waals surface area contributed by atoms with E-state index in [2.05, 4.69) is 6.92 Å². The lowest BCUT2D eigenvalue weighted by Gasteiger charge is -2.60. The zero-order valence-electron chi connectivity index (χ0n) is 25.3. The summed E-state index contributed by atoms with van der Waals surface area (Å²) in [4.78, 5) is 38.9. The van der Waals surface area contributed by atoms with Crippen LogP contribution in [0.4, 0.5) is 0 Å². The number of fused-ring (bicyclic) bond motifs is 4. The van der Waals surface area contributed by atoms with Crippen LogP contribution in [0.3, 0.4) is 0 Å². The number of epoxide rings is 2. The van der Waals surface area contributed by atoms with Crippen molar-refractivity contribution in [2.24, 2.45) is 17.3 Å². The van der Waals surface area contributed by atoms with Crippen molar-refractivity contribution in [1.82, 2.24) is 0 Å². The van der Waals surface area contributed by atoms with Crippen molar-refractivity contribution in [2.45, 2.75) is 94.4 Å². The first kappa shape index (κ1) is 28.2. The highest BCUT2D eigenvalue weighted by Gasteiger charge is 2.91. The molecule has 2 aromatic rings. The van der Waals surface area contributed by atoms with Gasteiger partial charge in [-0.05, 0) is 47.8 Å². The Labute approximate surface area is 256 Å². The van der Waals surface area contributed by atoms with E-state index in [-0.39, 0.29) is 55.2 Å². The van der Waals surface area contributed by atoms with Gasteiger partial charge in [-0.15, -0.1) is 0 Å². The van der Waals surface area contributed by atoms with Gasteiger partial charge in [0.2, 0.25) is 0 Å². The molecule has 2 aromatic carbocycles. The Morgan fingerprint density at radius 2 is 1.73 bits per heavy atom. The fourth-order valence-electron chi connectivity index (χ4n) is 9.42. The van der Waals surface area contributed by atoms with Crippen molar-refractivity contribution in [3.63, 3.8) is 0 Å². The lowest BCUT2D eigenvalue weighted by Crippen LogP contribution is -2.74. The van der Waals surface area contributed by atoms with E-state index in [4.69, 9.17) is 18.9 Å². The Kier molecular flexibility index (Phi) is 5.98. The minimum atomic E-state index is -1.32. The second kappa shape index (κ2) is 9.35. The molecule has 230 valence electrons. The van der Waals surface area contributed by atoms with Crippen LogP contribution >= 0.6 is 0 Å². The standard InChI is InChI=1S/C36H38O8/c1-20(2)35-29(43-35)18-34(40)33(3)16-15-24-25(19-41-31(24)39)26(33)17-28-36(34,44-28)32(35)42-30(38)14-13-27(37)23-11-9-22(10-12-23)21-7-5-4-6-8-21/h4-12,20,26,28-29,32,40H,13-19H2,1-3H3. The van der Waals surface area contributed by atoms with E-state index < -0.39 is 34.3 Å². The minimum Gasteiger partial charge on any atom is -0.458 e. The van der Waals surface area contributed by atoms with E-state index >= 15 is 0 Å². The molecule has 6 aliphatic rings. The molecule has 8 rings (SSSR count). The molecular weight excluding hydrogens is 560 g/mol. The number of cyclic esters (lactones) is 1. The van der Waals surface area contributed by atoms with Crippen LogP contribution in [0.5, 0.6) is 0 Å². The third-order valence-corrected chi connectivity index (χ3v) is 12.0. The zero-order valence-corrected chi connectivity index (χ0v) is 25.3. The highest BCUT2D eigenvalue weighted by molar-refractivity contribution is 5.98. The predicted molar refractivity (Wildman–Crippen MR) is 158 cm³/mol. The van der Waals surface area contributed by atoms with Crippen LogP contribution in [0.2, 0.25) is 0 Å². The van der Waals surface area contributed by atoms with Crippen molar-refractivity contribution in [3.05, 3.63) is 71.3 Å². The van der Waals surface area contributed by atoms with Crippen LogP contribution in [0, 0.1) is 17.3 Å². The molecule has 8 unspecified atom stereocenters. The maximum absolute atomic E-state index is 13.5. The summed E-state index contributed by atoms with van der Waals surface area (Å²) < 4.78 is 24.6. The molecule has 0 amide bonds. The molecule has 8 atom stereocenters. The Hall–Kier alpha value is -3.33. The quantitative estimate of drug-likeness (QED) is 0.270. The van der Waals surface area contributed by atoms with Crippen molar-refractivity contribution in [3.8, 4) is 11.1 Å². The van der Waals surface area contributed by atoms with Crippen molar-refractivity contribution >= 4 is 17.7 Å². The van der Waals surface area contributed by atoms with Crippen LogP contribution in [0.1, 0.15) is 69.7 Å². The zero-order chi connectivity index (χ0) is 30.6. The SMILES string of the molecule is CC(C)C12OC1CC1(O)C3(C)CCC4=C(COC4=O)C3CC3OC31C2OC(=O)CCC(=O)c1ccc(-c2ccccc2)cc1. The smallest absolute Gasteiger partial charge is 0.334 e. The predicted octanol–water partition coefficient (Wildman–Crippen LogP) is 4.97. The van der Waals surface area contributed by atoms with Gasteiger partial charge in [0.05, 0.1) is 18.6 Å². The van der Waals surface area contributed by atoms with Gasteiger partial charge in [0.25, 0.3) is 0 Å². The van der Waals surface area contributed by atoms with E-state index in [0.29, 0.717) is 31.2 Å². The normalized spacial score (nSPS) is 39.3. The molecule has 3 aliphatic carbocycles. The Morgan fingerprint density at radius 3 is 2.45 bits per heavy atom. The second-order valence-electron chi connectivity index (χ2n) is 14.1. The number of carbonyl (C=O) groups is 3. The van der Waals surface area contributed by atoms with E-state index in [1.54, 1.807) is 12.1 Å². The summed E-state index contributed by atoms with van der Waals surface area (Å²) in [5.41, 5.74) is 0.609. The van der Waals surface area contributed by atoms with Gasteiger partial charge in [0.1, 0.15) is 17.8 Å². The van der Waals surface area contributed by atoms with E-state index in [1.807, 2.05) is 56.3 Å². The van der Waals surface area contributed by atoms with E-state index in [1.165, 1.54) is 0 Å². The Morgan fingerprint density at radius 1 is 1.00 bits per heavy atom. The van der Waals surface area contributed by atoms with Gasteiger partial charge < -0.3 is 24.1 Å². The van der Waals surface area contributed by atoms with E-state index in [9.17, 15) is 19.5 Å². The summed E-state index contributed by atoms with van der Waals surface area (Å²) in [6, 6.07) is 17.4. The summed E-state index contributed by atoms with van der Waals surface area (Å²) in [5, 5.41) is 12.8. The molecule has 1 N–H and O–H groups in total. The van der Waals surface area contributed by atoms with Crippen LogP contribution in [-0.2, 0) is 28.5 Å². The van der Waals surface area contributed by atoms with Crippen LogP contribution in [-0.4, -0.2) is 64.6 Å². The molecule has 0 radical (unpaired) electrons. The maximum Gasteiger partial charge on any atom is 0.334 e. The average molecular weight is 599 g/mol. The van der Waals surface area contributed by atoms with Crippen LogP contribution in [0.15, 0.2) is 65.7 Å². The number of Topliss-reactive ketones (excluding diaryl/α,β-unsaturated/α-hetero) is 1. The van der Waals surface area contributed by atoms with Gasteiger partial charge in [0, 0.05) is 29.4 Å². The van der Waals surface area contributed by atoms with Crippen molar-refractivity contribution < 1.29 is 38.4 Å². The number of aliphatic hydroxyl groups is 1. The number of ketones is 1. The first-order valence-electron chi connectivity index (χ1n) is 15.9. The lowest BCUT2D eigenvalue weighted by molar-refractivity contribution is -0.222. The molecule has 0 bridgehead atoms. The summed E-state index contributed by atoms with van der Waals surface area (Å²) in [6.07, 6.45) is 0.686. The van der Waals surface area contributed by atoms with E-state index in [0.717, 1.165) is 22.3 Å². The number of ether oxygens (including phenoxy) is 4. The second-order valence-corrected chi connectivity index (χ2v) is 14.1. The van der Waals surface area contributed by atoms with Gasteiger partial charge >= 0.3 is 11.9 Å². The highest BCUT2D eigenvalue weighted by Crippen LogP contribution is 2.76. The van der Waals surface area contributed by atoms with Gasteiger partial charge in [0.15, 0.2) is 17.5 Å². The average Bonchev–Trinajstić information content (AvgIpc) is 3.90. The Balaban J connectivity index is 1.02. The minimum absolute atomic E-state index is 0.0154. The molecule has 8 heteroatoms. The third kappa shape index (κ3) is 3.59. The van der Waals surface area contributed by atoms with Gasteiger partial charge in [-0.2, -0.15) is 0 Å². The molecule has 2 saturated carbocycles. The monoisotopic (exact) mass is 598 g/mol. The summed E-state index contributed by atoms with van der Waals surface area (Å²) >= 11 is 0. The molecule has 44 heavy (non-hydrogen) atoms. The fraction of sp³-hybridized carbons (Fsp3) is 0.528. The number of benzene rings is 2. The highest BCUT2D eigenvalue weighted by atomic mass is 16.7. The molecular formula is C36H38O8. The molecule has 2 saturated heterocycles. The third-order valence-electron chi connectivity index (χ3n) is 12.0. The lowest BCUT2D eigenvalue weighted by atomic mass is 9.44. The van der Waals surface area contributed by atoms with Gasteiger partial charge in [-0.1, -0.05) is 75.4 Å². The number of hydrogen-bond acceptors (Lipinski definition) is 8. The molecule has 3 heterocycles. The molecule has 4 fully saturated rings. The largest absolute Gasteiger partial charge is 0.458 e. The summed E-state index contributed by atoms with van der Waals surface area (Å²) in [5.74, 6) is -0.917. The number of esters is 2. The first-order valence-corrected chi connectivity index (χ1v) is 15.9. The first-order chi connectivity index (χ1) is 21.0. The van der Waals surface area contributed by atoms with Gasteiger partial charge in [-0.3, -0.25) is 9.59 Å².